The van der Waals surface area contributed by atoms with E-state index in [4.69, 9.17) is 34.2 Å². The molecule has 132 valence electrons. The van der Waals surface area contributed by atoms with E-state index in [-0.39, 0.29) is 13.2 Å². The van der Waals surface area contributed by atoms with Crippen LogP contribution in [0.4, 0.5) is 0 Å². The van der Waals surface area contributed by atoms with E-state index >= 15 is 0 Å². The summed E-state index contributed by atoms with van der Waals surface area (Å²) < 4.78 is 51.0. The van der Waals surface area contributed by atoms with Gasteiger partial charge < -0.3 is 9.05 Å². The van der Waals surface area contributed by atoms with Crippen LogP contribution in [0.15, 0.2) is 24.3 Å². The fourth-order valence-electron chi connectivity index (χ4n) is 1.73. The van der Waals surface area contributed by atoms with E-state index in [1.165, 1.54) is 14.2 Å². The third kappa shape index (κ3) is 5.66. The molecular formula is C13H21ClO7P2. The Hall–Kier alpha value is -0.230. The van der Waals surface area contributed by atoms with Gasteiger partial charge in [0.1, 0.15) is 0 Å². The van der Waals surface area contributed by atoms with Crippen LogP contribution in [-0.4, -0.2) is 27.4 Å². The fourth-order valence-corrected chi connectivity index (χ4v) is 4.93. The number of phosphoric ester groups is 1. The van der Waals surface area contributed by atoms with Gasteiger partial charge in [-0.1, -0.05) is 23.7 Å². The molecule has 0 radical (unpaired) electrons. The predicted octanol–water partition coefficient (Wildman–Crippen LogP) is 5.02. The zero-order valence-corrected chi connectivity index (χ0v) is 16.0. The van der Waals surface area contributed by atoms with Gasteiger partial charge in [0.15, 0.2) is 5.85 Å². The summed E-state index contributed by atoms with van der Waals surface area (Å²) in [6.45, 7) is 3.46. The lowest BCUT2D eigenvalue weighted by Crippen LogP contribution is -2.10. The first-order valence-corrected chi connectivity index (χ1v) is 10.3. The number of rotatable bonds is 10. The van der Waals surface area contributed by atoms with E-state index in [9.17, 15) is 9.13 Å². The van der Waals surface area contributed by atoms with Crippen molar-refractivity contribution >= 4 is 27.0 Å². The van der Waals surface area contributed by atoms with Crippen molar-refractivity contribution in [3.05, 3.63) is 34.9 Å². The summed E-state index contributed by atoms with van der Waals surface area (Å²) in [5.41, 5.74) is 0.404. The highest BCUT2D eigenvalue weighted by molar-refractivity contribution is 7.55. The highest BCUT2D eigenvalue weighted by Gasteiger charge is 2.43. The van der Waals surface area contributed by atoms with E-state index in [1.807, 2.05) is 0 Å². The molecule has 0 aliphatic carbocycles. The lowest BCUT2D eigenvalue weighted by molar-refractivity contribution is 0.0948. The van der Waals surface area contributed by atoms with Gasteiger partial charge in [-0.15, -0.1) is 0 Å². The molecule has 0 amide bonds. The average Bonchev–Trinajstić information content (AvgIpc) is 2.53. The molecule has 10 heteroatoms. The minimum Gasteiger partial charge on any atom is -0.310 e. The molecule has 0 saturated carbocycles. The summed E-state index contributed by atoms with van der Waals surface area (Å²) in [5.74, 6) is -1.29. The molecule has 1 atom stereocenters. The summed E-state index contributed by atoms with van der Waals surface area (Å²) in [6, 6.07) is 6.30. The first-order valence-electron chi connectivity index (χ1n) is 6.88. The molecule has 0 saturated heterocycles. The zero-order valence-electron chi connectivity index (χ0n) is 13.4. The standard InChI is InChI=1S/C13H21ClO7P2/c1-5-19-23(16,20-6-2)21-13(22(15,17-3)18-4)11-7-9-12(14)10-8-11/h7-10,13H,5-6H2,1-4H3. The van der Waals surface area contributed by atoms with Gasteiger partial charge in [-0.25, -0.2) is 4.57 Å². The maximum Gasteiger partial charge on any atom is 0.475 e. The van der Waals surface area contributed by atoms with Crippen LogP contribution in [0.25, 0.3) is 0 Å². The van der Waals surface area contributed by atoms with Crippen LogP contribution in [0.3, 0.4) is 0 Å². The van der Waals surface area contributed by atoms with Crippen LogP contribution in [0, 0.1) is 0 Å². The molecule has 0 spiro atoms. The van der Waals surface area contributed by atoms with Crippen LogP contribution in [0.1, 0.15) is 25.3 Å². The van der Waals surface area contributed by atoms with Crippen LogP contribution in [0.2, 0.25) is 5.02 Å². The second-order valence-electron chi connectivity index (χ2n) is 4.20. The zero-order chi connectivity index (χ0) is 17.5. The van der Waals surface area contributed by atoms with Crippen molar-refractivity contribution in [3.63, 3.8) is 0 Å². The van der Waals surface area contributed by atoms with E-state index in [0.717, 1.165) is 0 Å². The van der Waals surface area contributed by atoms with Crippen molar-refractivity contribution in [3.8, 4) is 0 Å². The maximum atomic E-state index is 12.8. The Balaban J connectivity index is 3.26. The number of benzene rings is 1. The maximum absolute atomic E-state index is 12.8. The molecule has 0 fully saturated rings. The molecule has 0 aliphatic heterocycles. The number of hydrogen-bond acceptors (Lipinski definition) is 7. The molecule has 23 heavy (non-hydrogen) atoms. The Kier molecular flexibility index (Phi) is 8.42. The summed E-state index contributed by atoms with van der Waals surface area (Å²) in [7, 11) is -5.29. The van der Waals surface area contributed by atoms with Crippen LogP contribution >= 0.6 is 27.0 Å². The van der Waals surface area contributed by atoms with Crippen molar-refractivity contribution < 1.29 is 31.7 Å². The van der Waals surface area contributed by atoms with E-state index in [1.54, 1.807) is 38.1 Å². The van der Waals surface area contributed by atoms with Gasteiger partial charge in [0.2, 0.25) is 0 Å². The summed E-state index contributed by atoms with van der Waals surface area (Å²) >= 11 is 5.85. The first kappa shape index (κ1) is 20.8. The van der Waals surface area contributed by atoms with E-state index in [0.29, 0.717) is 10.6 Å². The predicted molar refractivity (Wildman–Crippen MR) is 87.8 cm³/mol. The monoisotopic (exact) mass is 386 g/mol. The molecule has 0 bridgehead atoms. The van der Waals surface area contributed by atoms with Gasteiger partial charge in [-0.2, -0.15) is 0 Å². The van der Waals surface area contributed by atoms with Crippen LogP contribution in [0.5, 0.6) is 0 Å². The van der Waals surface area contributed by atoms with Crippen LogP contribution in [-0.2, 0) is 31.7 Å². The van der Waals surface area contributed by atoms with Crippen molar-refractivity contribution in [2.45, 2.75) is 19.7 Å². The van der Waals surface area contributed by atoms with Crippen molar-refractivity contribution in [1.29, 1.82) is 0 Å². The third-order valence-electron chi connectivity index (χ3n) is 2.75. The second-order valence-corrected chi connectivity index (χ2v) is 8.53. The smallest absolute Gasteiger partial charge is 0.310 e. The normalized spacial score (nSPS) is 14.0. The minimum absolute atomic E-state index is 0.0921. The Morgan fingerprint density at radius 1 is 1.00 bits per heavy atom. The minimum atomic E-state index is -3.94. The molecule has 0 aliphatic rings. The number of hydrogen-bond donors (Lipinski definition) is 0. The topological polar surface area (TPSA) is 80.3 Å². The number of phosphoric acid groups is 1. The molecule has 0 N–H and O–H groups in total. The fraction of sp³-hybridized carbons (Fsp3) is 0.538. The van der Waals surface area contributed by atoms with Crippen molar-refractivity contribution in [1.82, 2.24) is 0 Å². The highest BCUT2D eigenvalue weighted by atomic mass is 35.5. The van der Waals surface area contributed by atoms with Crippen molar-refractivity contribution in [2.24, 2.45) is 0 Å². The van der Waals surface area contributed by atoms with Gasteiger partial charge in [0.25, 0.3) is 0 Å². The molecule has 0 heterocycles. The van der Waals surface area contributed by atoms with Crippen LogP contribution < -0.4 is 0 Å². The van der Waals surface area contributed by atoms with Gasteiger partial charge in [0.05, 0.1) is 13.2 Å². The summed E-state index contributed by atoms with van der Waals surface area (Å²) in [4.78, 5) is 0. The van der Waals surface area contributed by atoms with Gasteiger partial charge in [0, 0.05) is 19.2 Å². The molecular weight excluding hydrogens is 366 g/mol. The van der Waals surface area contributed by atoms with E-state index < -0.39 is 21.3 Å². The van der Waals surface area contributed by atoms with Crippen molar-refractivity contribution in [2.75, 3.05) is 27.4 Å². The Morgan fingerprint density at radius 2 is 1.48 bits per heavy atom. The highest BCUT2D eigenvalue weighted by Crippen LogP contribution is 2.67. The molecule has 0 aromatic heterocycles. The quantitative estimate of drug-likeness (QED) is 0.522. The summed E-state index contributed by atoms with van der Waals surface area (Å²) in [5, 5.41) is 0.481. The molecule has 1 unspecified atom stereocenters. The molecule has 1 aromatic rings. The SMILES string of the molecule is CCOP(=O)(OCC)OC(c1ccc(Cl)cc1)P(=O)(OC)OC. The second kappa shape index (κ2) is 9.30. The third-order valence-corrected chi connectivity index (χ3v) is 6.79. The lowest BCUT2D eigenvalue weighted by atomic mass is 10.2. The van der Waals surface area contributed by atoms with Gasteiger partial charge >= 0.3 is 15.4 Å². The first-order chi connectivity index (χ1) is 10.8. The average molecular weight is 387 g/mol. The number of halogens is 1. The molecule has 1 aromatic carbocycles. The van der Waals surface area contributed by atoms with E-state index in [2.05, 4.69) is 0 Å². The molecule has 7 nitrogen and oxygen atoms in total. The molecule has 1 rings (SSSR count). The van der Waals surface area contributed by atoms with Gasteiger partial charge in [-0.3, -0.25) is 18.1 Å². The largest absolute Gasteiger partial charge is 0.475 e. The Labute approximate surface area is 141 Å². The van der Waals surface area contributed by atoms with Gasteiger partial charge in [-0.05, 0) is 31.5 Å². The Morgan fingerprint density at radius 3 is 1.87 bits per heavy atom. The summed E-state index contributed by atoms with van der Waals surface area (Å²) in [6.07, 6.45) is 0. The Bertz CT molecular complexity index is 560. The lowest BCUT2D eigenvalue weighted by Gasteiger charge is -2.27.